The summed E-state index contributed by atoms with van der Waals surface area (Å²) in [6.07, 6.45) is 3.04. The lowest BCUT2D eigenvalue weighted by molar-refractivity contribution is 0.735. The molecular formula is C8H7ClN4OS. The maximum atomic E-state index is 11.6. The fraction of sp³-hybridized carbons (Fsp3) is 0.125. The monoisotopic (exact) mass is 242 g/mol. The van der Waals surface area contributed by atoms with Gasteiger partial charge in [-0.15, -0.1) is 11.3 Å². The number of anilines is 1. The Morgan fingerprint density at radius 3 is 3.00 bits per heavy atom. The van der Waals surface area contributed by atoms with Crippen molar-refractivity contribution in [3.63, 3.8) is 0 Å². The average Bonchev–Trinajstić information content (AvgIpc) is 2.72. The van der Waals surface area contributed by atoms with Crippen molar-refractivity contribution in [2.24, 2.45) is 0 Å². The van der Waals surface area contributed by atoms with Gasteiger partial charge in [0.2, 0.25) is 0 Å². The Kier molecular flexibility index (Phi) is 2.70. The molecule has 0 saturated heterocycles. The highest BCUT2D eigenvalue weighted by Crippen LogP contribution is 2.10. The van der Waals surface area contributed by atoms with Crippen molar-refractivity contribution in [3.8, 4) is 0 Å². The van der Waals surface area contributed by atoms with Gasteiger partial charge in [0.1, 0.15) is 10.7 Å². The van der Waals surface area contributed by atoms with E-state index in [-0.39, 0.29) is 16.4 Å². The van der Waals surface area contributed by atoms with Crippen molar-refractivity contribution in [3.05, 3.63) is 38.4 Å². The fourth-order valence-corrected chi connectivity index (χ4v) is 1.81. The molecule has 7 heteroatoms. The molecule has 0 fully saturated rings. The highest BCUT2D eigenvalue weighted by molar-refractivity contribution is 7.09. The number of nitrogens with two attached hydrogens (primary N) is 1. The van der Waals surface area contributed by atoms with Crippen LogP contribution in [0.2, 0.25) is 5.15 Å². The summed E-state index contributed by atoms with van der Waals surface area (Å²) in [4.78, 5) is 19.5. The third-order valence-corrected chi connectivity index (χ3v) is 2.88. The molecule has 15 heavy (non-hydrogen) atoms. The summed E-state index contributed by atoms with van der Waals surface area (Å²) in [5, 5.41) is 2.70. The predicted octanol–water partition coefficient (Wildman–Crippen LogP) is 0.984. The maximum Gasteiger partial charge on any atom is 0.278 e. The minimum atomic E-state index is -0.342. The van der Waals surface area contributed by atoms with Crippen LogP contribution in [0.1, 0.15) is 5.01 Å². The first-order chi connectivity index (χ1) is 7.18. The van der Waals surface area contributed by atoms with Gasteiger partial charge in [-0.3, -0.25) is 9.36 Å². The summed E-state index contributed by atoms with van der Waals surface area (Å²) in [6.45, 7) is 0.366. The van der Waals surface area contributed by atoms with E-state index < -0.39 is 0 Å². The largest absolute Gasteiger partial charge is 0.392 e. The van der Waals surface area contributed by atoms with E-state index in [1.807, 2.05) is 5.38 Å². The first-order valence-electron chi connectivity index (χ1n) is 4.07. The summed E-state index contributed by atoms with van der Waals surface area (Å²) >= 11 is 7.07. The second kappa shape index (κ2) is 4.00. The van der Waals surface area contributed by atoms with Crippen LogP contribution in [0.3, 0.4) is 0 Å². The van der Waals surface area contributed by atoms with E-state index in [1.165, 1.54) is 22.2 Å². The molecule has 0 bridgehead atoms. The maximum absolute atomic E-state index is 11.6. The van der Waals surface area contributed by atoms with E-state index in [9.17, 15) is 4.79 Å². The first-order valence-corrected chi connectivity index (χ1v) is 5.33. The zero-order chi connectivity index (χ0) is 10.8. The SMILES string of the molecule is Nc1c(Cl)ncn(Cc2nccs2)c1=O. The van der Waals surface area contributed by atoms with Gasteiger partial charge in [0, 0.05) is 11.6 Å². The van der Waals surface area contributed by atoms with Gasteiger partial charge in [-0.2, -0.15) is 0 Å². The molecule has 0 aromatic carbocycles. The molecular weight excluding hydrogens is 236 g/mol. The predicted molar refractivity (Wildman–Crippen MR) is 59.1 cm³/mol. The Bertz CT molecular complexity index is 522. The second-order valence-corrected chi connectivity index (χ2v) is 4.15. The molecule has 0 radical (unpaired) electrons. The lowest BCUT2D eigenvalue weighted by Gasteiger charge is -2.03. The van der Waals surface area contributed by atoms with Gasteiger partial charge in [-0.05, 0) is 0 Å². The number of thiazole rings is 1. The number of hydrogen-bond acceptors (Lipinski definition) is 5. The van der Waals surface area contributed by atoms with Crippen LogP contribution in [-0.2, 0) is 6.54 Å². The number of aromatic nitrogens is 3. The van der Waals surface area contributed by atoms with Crippen molar-refractivity contribution in [1.29, 1.82) is 0 Å². The van der Waals surface area contributed by atoms with E-state index in [1.54, 1.807) is 6.20 Å². The fourth-order valence-electron chi connectivity index (χ4n) is 1.07. The van der Waals surface area contributed by atoms with Crippen LogP contribution in [0.25, 0.3) is 0 Å². The Hall–Kier alpha value is -1.40. The Morgan fingerprint density at radius 2 is 2.33 bits per heavy atom. The Labute approximate surface area is 94.2 Å². The molecule has 2 heterocycles. The topological polar surface area (TPSA) is 73.8 Å². The van der Waals surface area contributed by atoms with Gasteiger partial charge in [-0.1, -0.05) is 11.6 Å². The van der Waals surface area contributed by atoms with Crippen LogP contribution >= 0.6 is 22.9 Å². The van der Waals surface area contributed by atoms with Gasteiger partial charge in [-0.25, -0.2) is 9.97 Å². The van der Waals surface area contributed by atoms with Crippen LogP contribution in [-0.4, -0.2) is 14.5 Å². The van der Waals surface area contributed by atoms with E-state index >= 15 is 0 Å². The molecule has 0 unspecified atom stereocenters. The van der Waals surface area contributed by atoms with Crippen LogP contribution in [0.4, 0.5) is 5.69 Å². The van der Waals surface area contributed by atoms with Gasteiger partial charge >= 0.3 is 0 Å². The molecule has 0 spiro atoms. The van der Waals surface area contributed by atoms with Crippen LogP contribution in [0.15, 0.2) is 22.7 Å². The summed E-state index contributed by atoms with van der Waals surface area (Å²) in [6, 6.07) is 0. The molecule has 5 nitrogen and oxygen atoms in total. The van der Waals surface area contributed by atoms with E-state index in [0.717, 1.165) is 5.01 Å². The quantitative estimate of drug-likeness (QED) is 0.797. The Balaban J connectivity index is 2.38. The lowest BCUT2D eigenvalue weighted by Crippen LogP contribution is -2.24. The van der Waals surface area contributed by atoms with Crippen LogP contribution < -0.4 is 11.3 Å². The van der Waals surface area contributed by atoms with Crippen molar-refractivity contribution in [2.75, 3.05) is 5.73 Å². The van der Waals surface area contributed by atoms with Crippen LogP contribution in [0, 0.1) is 0 Å². The molecule has 2 aromatic rings. The van der Waals surface area contributed by atoms with Gasteiger partial charge < -0.3 is 5.73 Å². The molecule has 2 N–H and O–H groups in total. The van der Waals surface area contributed by atoms with Gasteiger partial charge in [0.15, 0.2) is 5.15 Å². The third kappa shape index (κ3) is 2.00. The number of nitrogen functional groups attached to an aromatic ring is 1. The zero-order valence-corrected chi connectivity index (χ0v) is 9.13. The number of nitrogens with zero attached hydrogens (tertiary/aromatic N) is 3. The van der Waals surface area contributed by atoms with Gasteiger partial charge in [0.05, 0.1) is 12.9 Å². The molecule has 78 valence electrons. The zero-order valence-electron chi connectivity index (χ0n) is 7.55. The summed E-state index contributed by atoms with van der Waals surface area (Å²) in [7, 11) is 0. The standard InChI is InChI=1S/C8H7ClN4OS/c9-7-6(10)8(14)13(4-12-7)3-5-11-1-2-15-5/h1-2,4H,3,10H2. The molecule has 2 rings (SSSR count). The summed E-state index contributed by atoms with van der Waals surface area (Å²) in [5.41, 5.74) is 5.09. The molecule has 0 atom stereocenters. The van der Waals surface area contributed by atoms with E-state index in [4.69, 9.17) is 17.3 Å². The molecule has 0 amide bonds. The normalized spacial score (nSPS) is 10.5. The second-order valence-electron chi connectivity index (χ2n) is 2.81. The van der Waals surface area contributed by atoms with Gasteiger partial charge in [0.25, 0.3) is 5.56 Å². The smallest absolute Gasteiger partial charge is 0.278 e. The highest BCUT2D eigenvalue weighted by atomic mass is 35.5. The van der Waals surface area contributed by atoms with Crippen molar-refractivity contribution in [1.82, 2.24) is 14.5 Å². The average molecular weight is 243 g/mol. The Morgan fingerprint density at radius 1 is 1.53 bits per heavy atom. The molecule has 0 aliphatic carbocycles. The highest BCUT2D eigenvalue weighted by Gasteiger charge is 2.07. The molecule has 0 saturated carbocycles. The van der Waals surface area contributed by atoms with Crippen molar-refractivity contribution in [2.45, 2.75) is 6.54 Å². The first kappa shape index (κ1) is 10.1. The van der Waals surface area contributed by atoms with Crippen LogP contribution in [0.5, 0.6) is 0 Å². The number of halogens is 1. The van der Waals surface area contributed by atoms with E-state index in [2.05, 4.69) is 9.97 Å². The molecule has 0 aliphatic heterocycles. The number of rotatable bonds is 2. The lowest BCUT2D eigenvalue weighted by atomic mass is 10.5. The minimum Gasteiger partial charge on any atom is -0.392 e. The minimum absolute atomic E-state index is 0.0317. The molecule has 0 aliphatic rings. The summed E-state index contributed by atoms with van der Waals surface area (Å²) in [5.74, 6) is 0. The van der Waals surface area contributed by atoms with E-state index in [0.29, 0.717) is 6.54 Å². The van der Waals surface area contributed by atoms with Crippen molar-refractivity contribution >= 4 is 28.6 Å². The third-order valence-electron chi connectivity index (χ3n) is 1.81. The number of hydrogen-bond donors (Lipinski definition) is 1. The summed E-state index contributed by atoms with van der Waals surface area (Å²) < 4.78 is 1.38. The van der Waals surface area contributed by atoms with Crippen molar-refractivity contribution < 1.29 is 0 Å². The molecule has 2 aromatic heterocycles.